The first kappa shape index (κ1) is 17.2. The number of alkyl halides is 1. The van der Waals surface area contributed by atoms with E-state index in [1.165, 1.54) is 12.1 Å². The molecule has 23 heavy (non-hydrogen) atoms. The molecule has 0 aliphatic carbocycles. The summed E-state index contributed by atoms with van der Waals surface area (Å²) in [6.45, 7) is 1.01. The van der Waals surface area contributed by atoms with Crippen LogP contribution < -0.4 is 16.0 Å². The maximum Gasteiger partial charge on any atom is 0.319 e. The fourth-order valence-electron chi connectivity index (χ4n) is 2.05. The molecule has 0 aliphatic heterocycles. The second kappa shape index (κ2) is 8.50. The average Bonchev–Trinajstić information content (AvgIpc) is 2.98. The van der Waals surface area contributed by atoms with Gasteiger partial charge >= 0.3 is 6.03 Å². The average molecular weight is 340 g/mol. The molecule has 0 saturated carbocycles. The molecule has 0 fully saturated rings. The van der Waals surface area contributed by atoms with Crippen molar-refractivity contribution in [1.82, 2.24) is 20.2 Å². The predicted octanol–water partition coefficient (Wildman–Crippen LogP) is 2.48. The molecule has 2 rings (SSSR count). The lowest BCUT2D eigenvalue weighted by Gasteiger charge is -2.11. The number of carbonyl (C=O) groups excluding carboxylic acids is 1. The number of amides is 2. The summed E-state index contributed by atoms with van der Waals surface area (Å²) in [4.78, 5) is 15.8. The Balaban J connectivity index is 2.08. The second-order valence-electron chi connectivity index (χ2n) is 4.83. The van der Waals surface area contributed by atoms with Gasteiger partial charge in [-0.1, -0.05) is 0 Å². The van der Waals surface area contributed by atoms with Crippen molar-refractivity contribution in [1.29, 1.82) is 0 Å². The van der Waals surface area contributed by atoms with Gasteiger partial charge in [-0.3, -0.25) is 0 Å². The van der Waals surface area contributed by atoms with E-state index < -0.39 is 11.8 Å². The topological polar surface area (TPSA) is 71.0 Å². The van der Waals surface area contributed by atoms with E-state index in [2.05, 4.69) is 20.9 Å². The summed E-state index contributed by atoms with van der Waals surface area (Å²) in [5.41, 5.74) is 0.755. The van der Waals surface area contributed by atoms with Crippen molar-refractivity contribution in [2.45, 2.75) is 13.0 Å². The maximum atomic E-state index is 14.2. The molecule has 8 heteroatoms. The van der Waals surface area contributed by atoms with Crippen LogP contribution in [0.4, 0.5) is 14.9 Å². The maximum absolute atomic E-state index is 14.2. The van der Waals surface area contributed by atoms with Gasteiger partial charge in [0.05, 0.1) is 12.2 Å². The molecular weight excluding hydrogens is 321 g/mol. The molecule has 0 unspecified atom stereocenters. The number of benzene rings is 1. The van der Waals surface area contributed by atoms with Gasteiger partial charge in [0.25, 0.3) is 0 Å². The molecule has 6 nitrogen and oxygen atoms in total. The molecule has 3 N–H and O–H groups in total. The molecule has 124 valence electrons. The van der Waals surface area contributed by atoms with Crippen LogP contribution in [0.5, 0.6) is 0 Å². The van der Waals surface area contributed by atoms with Gasteiger partial charge in [-0.25, -0.2) is 14.2 Å². The summed E-state index contributed by atoms with van der Waals surface area (Å²) in [5, 5.41) is 8.08. The predicted molar refractivity (Wildman–Crippen MR) is 88.6 cm³/mol. The minimum Gasteiger partial charge on any atom is -0.338 e. The van der Waals surface area contributed by atoms with E-state index in [0.717, 1.165) is 5.82 Å². The fraction of sp³-hybridized carbons (Fsp3) is 0.333. The van der Waals surface area contributed by atoms with E-state index in [9.17, 15) is 9.18 Å². The third-order valence-electron chi connectivity index (χ3n) is 3.13. The van der Waals surface area contributed by atoms with Gasteiger partial charge in [0, 0.05) is 36.6 Å². The molecule has 0 bridgehead atoms. The van der Waals surface area contributed by atoms with E-state index in [1.54, 1.807) is 23.0 Å². The zero-order valence-electron chi connectivity index (χ0n) is 12.8. The summed E-state index contributed by atoms with van der Waals surface area (Å²) in [7, 11) is 1.81. The normalized spacial score (nSPS) is 10.6. The number of hydrogen-bond acceptors (Lipinski definition) is 3. The number of nitrogens with one attached hydrogen (secondary N) is 3. The highest BCUT2D eigenvalue weighted by molar-refractivity contribution is 6.17. The Morgan fingerprint density at radius 1 is 1.43 bits per heavy atom. The Labute approximate surface area is 139 Å². The number of aromatic nitrogens is 2. The van der Waals surface area contributed by atoms with Gasteiger partial charge in [0.1, 0.15) is 11.6 Å². The number of imidazole rings is 1. The van der Waals surface area contributed by atoms with Gasteiger partial charge in [-0.15, -0.1) is 11.6 Å². The van der Waals surface area contributed by atoms with E-state index in [0.29, 0.717) is 31.1 Å². The van der Waals surface area contributed by atoms with Crippen molar-refractivity contribution < 1.29 is 9.18 Å². The Bertz CT molecular complexity index is 661. The van der Waals surface area contributed by atoms with Crippen molar-refractivity contribution in [2.24, 2.45) is 0 Å². The van der Waals surface area contributed by atoms with Crippen molar-refractivity contribution in [3.8, 4) is 5.69 Å². The van der Waals surface area contributed by atoms with Crippen LogP contribution in [0.1, 0.15) is 12.2 Å². The number of urea groups is 1. The molecule has 2 amide bonds. The van der Waals surface area contributed by atoms with Crippen LogP contribution in [0.15, 0.2) is 30.6 Å². The number of hydrogen-bond donors (Lipinski definition) is 3. The molecule has 0 radical (unpaired) electrons. The lowest BCUT2D eigenvalue weighted by Crippen LogP contribution is -2.30. The Morgan fingerprint density at radius 2 is 2.26 bits per heavy atom. The number of halogens is 2. The van der Waals surface area contributed by atoms with Gasteiger partial charge in [0.15, 0.2) is 0 Å². The Kier molecular flexibility index (Phi) is 6.37. The molecule has 0 spiro atoms. The first-order valence-electron chi connectivity index (χ1n) is 7.23. The summed E-state index contributed by atoms with van der Waals surface area (Å²) >= 11 is 5.53. The lowest BCUT2D eigenvalue weighted by atomic mass is 10.2. The van der Waals surface area contributed by atoms with Gasteiger partial charge in [-0.05, 0) is 25.6 Å². The van der Waals surface area contributed by atoms with Gasteiger partial charge in [0.2, 0.25) is 0 Å². The number of rotatable bonds is 7. The number of nitrogens with zero attached hydrogens (tertiary/aromatic N) is 2. The zero-order chi connectivity index (χ0) is 16.7. The summed E-state index contributed by atoms with van der Waals surface area (Å²) in [6.07, 6.45) is 4.07. The third kappa shape index (κ3) is 4.67. The molecule has 0 saturated heterocycles. The minimum absolute atomic E-state index is 0.118. The SMILES string of the molecule is CNCc1nccn1-c1ccc(NC(=O)NCCCCl)c(F)c1. The molecular formula is C15H19ClFN5O. The number of carbonyl (C=O) groups is 1. The molecule has 1 aromatic carbocycles. The van der Waals surface area contributed by atoms with Crippen molar-refractivity contribution >= 4 is 23.3 Å². The van der Waals surface area contributed by atoms with Crippen LogP contribution in [0.25, 0.3) is 5.69 Å². The molecule has 0 aliphatic rings. The first-order valence-corrected chi connectivity index (χ1v) is 7.76. The van der Waals surface area contributed by atoms with Crippen LogP contribution in [-0.2, 0) is 6.54 Å². The third-order valence-corrected chi connectivity index (χ3v) is 3.39. The van der Waals surface area contributed by atoms with E-state index in [1.807, 2.05) is 7.05 Å². The van der Waals surface area contributed by atoms with E-state index in [-0.39, 0.29) is 5.69 Å². The highest BCUT2D eigenvalue weighted by atomic mass is 35.5. The van der Waals surface area contributed by atoms with Crippen LogP contribution in [-0.4, -0.2) is 35.1 Å². The summed E-state index contributed by atoms with van der Waals surface area (Å²) in [6, 6.07) is 4.14. The quantitative estimate of drug-likeness (QED) is 0.536. The standard InChI is InChI=1S/C15H19ClFN5O/c1-18-10-14-19-7-8-22(14)11-3-4-13(12(17)9-11)21-15(23)20-6-2-5-16/h3-4,7-9,18H,2,5-6,10H2,1H3,(H2,20,21,23). The molecule has 1 aromatic heterocycles. The first-order chi connectivity index (χ1) is 11.2. The molecule has 1 heterocycles. The van der Waals surface area contributed by atoms with Gasteiger partial charge < -0.3 is 20.5 Å². The lowest BCUT2D eigenvalue weighted by molar-refractivity contribution is 0.252. The summed E-state index contributed by atoms with van der Waals surface area (Å²) < 4.78 is 16.0. The molecule has 0 atom stereocenters. The monoisotopic (exact) mass is 339 g/mol. The second-order valence-corrected chi connectivity index (χ2v) is 5.21. The van der Waals surface area contributed by atoms with Crippen LogP contribution >= 0.6 is 11.6 Å². The largest absolute Gasteiger partial charge is 0.338 e. The smallest absolute Gasteiger partial charge is 0.319 e. The van der Waals surface area contributed by atoms with Crippen molar-refractivity contribution in [3.05, 3.63) is 42.2 Å². The summed E-state index contributed by atoms with van der Waals surface area (Å²) in [5.74, 6) is 0.717. The number of anilines is 1. The fourth-order valence-corrected chi connectivity index (χ4v) is 2.18. The zero-order valence-corrected chi connectivity index (χ0v) is 13.5. The Hall–Kier alpha value is -2.12. The van der Waals surface area contributed by atoms with Crippen LogP contribution in [0.2, 0.25) is 0 Å². The highest BCUT2D eigenvalue weighted by Crippen LogP contribution is 2.19. The van der Waals surface area contributed by atoms with Crippen molar-refractivity contribution in [2.75, 3.05) is 24.8 Å². The highest BCUT2D eigenvalue weighted by Gasteiger charge is 2.10. The van der Waals surface area contributed by atoms with Crippen molar-refractivity contribution in [3.63, 3.8) is 0 Å². The van der Waals surface area contributed by atoms with Crippen LogP contribution in [0, 0.1) is 5.82 Å². The van der Waals surface area contributed by atoms with E-state index in [4.69, 9.17) is 11.6 Å². The van der Waals surface area contributed by atoms with Gasteiger partial charge in [-0.2, -0.15) is 0 Å². The molecule has 2 aromatic rings. The Morgan fingerprint density at radius 3 is 2.96 bits per heavy atom. The van der Waals surface area contributed by atoms with E-state index >= 15 is 0 Å². The minimum atomic E-state index is -0.515. The van der Waals surface area contributed by atoms with Crippen LogP contribution in [0.3, 0.4) is 0 Å².